The van der Waals surface area contributed by atoms with Crippen molar-refractivity contribution in [2.45, 2.75) is 6.92 Å². The van der Waals surface area contributed by atoms with Crippen LogP contribution >= 0.6 is 0 Å². The summed E-state index contributed by atoms with van der Waals surface area (Å²) in [7, 11) is 0. The summed E-state index contributed by atoms with van der Waals surface area (Å²) in [6.45, 7) is -0.490. The van der Waals surface area contributed by atoms with E-state index in [9.17, 15) is 9.59 Å². The van der Waals surface area contributed by atoms with E-state index < -0.39 is 37.1 Å². The van der Waals surface area contributed by atoms with Gasteiger partial charge in [0, 0.05) is 0 Å². The first-order valence-corrected chi connectivity index (χ1v) is 4.49. The number of rotatable bonds is 7. The van der Waals surface area contributed by atoms with Crippen molar-refractivity contribution in [1.82, 2.24) is 0 Å². The van der Waals surface area contributed by atoms with Gasteiger partial charge in [-0.2, -0.15) is 0 Å². The number of aliphatic hydroxyl groups is 3. The predicted molar refractivity (Wildman–Crippen MR) is 49.9 cm³/mol. The van der Waals surface area contributed by atoms with Crippen molar-refractivity contribution in [3.05, 3.63) is 0 Å². The second-order valence-corrected chi connectivity index (χ2v) is 3.51. The van der Waals surface area contributed by atoms with E-state index in [1.165, 1.54) is 6.92 Å². The van der Waals surface area contributed by atoms with Crippen molar-refractivity contribution >= 4 is 12.3 Å². The van der Waals surface area contributed by atoms with E-state index in [4.69, 9.17) is 15.3 Å². The van der Waals surface area contributed by atoms with Crippen molar-refractivity contribution in [1.29, 1.82) is 0 Å². The molecule has 0 radical (unpaired) electrons. The SMILES string of the molecule is CC(C=O)C(=O)OCC(CO)(CO)CO. The lowest BCUT2D eigenvalue weighted by atomic mass is 9.92. The third kappa shape index (κ3) is 3.94. The van der Waals surface area contributed by atoms with Crippen LogP contribution in [0.1, 0.15) is 6.92 Å². The average Bonchev–Trinajstić information content (AvgIpc) is 2.30. The lowest BCUT2D eigenvalue weighted by Crippen LogP contribution is -2.40. The molecule has 88 valence electrons. The zero-order valence-electron chi connectivity index (χ0n) is 8.55. The Hall–Kier alpha value is -0.980. The smallest absolute Gasteiger partial charge is 0.315 e. The van der Waals surface area contributed by atoms with Gasteiger partial charge in [0.1, 0.15) is 18.8 Å². The Balaban J connectivity index is 4.22. The van der Waals surface area contributed by atoms with Gasteiger partial charge in [-0.25, -0.2) is 0 Å². The number of carbonyl (C=O) groups excluding carboxylic acids is 2. The molecule has 0 saturated carbocycles. The summed E-state index contributed by atoms with van der Waals surface area (Å²) < 4.78 is 4.68. The summed E-state index contributed by atoms with van der Waals surface area (Å²) in [5.74, 6) is -1.64. The number of aliphatic hydroxyl groups excluding tert-OH is 3. The van der Waals surface area contributed by atoms with E-state index in [0.29, 0.717) is 6.29 Å². The van der Waals surface area contributed by atoms with Crippen molar-refractivity contribution in [3.63, 3.8) is 0 Å². The third-order valence-corrected chi connectivity index (χ3v) is 2.10. The monoisotopic (exact) mass is 220 g/mol. The molecule has 15 heavy (non-hydrogen) atoms. The molecule has 0 aromatic heterocycles. The Bertz CT molecular complexity index is 202. The van der Waals surface area contributed by atoms with Crippen LogP contribution in [0.25, 0.3) is 0 Å². The lowest BCUT2D eigenvalue weighted by Gasteiger charge is -2.26. The van der Waals surface area contributed by atoms with Crippen molar-refractivity contribution in [3.8, 4) is 0 Å². The molecule has 0 aliphatic carbocycles. The van der Waals surface area contributed by atoms with Crippen LogP contribution in [0, 0.1) is 11.3 Å². The number of hydrogen-bond donors (Lipinski definition) is 3. The second kappa shape index (κ2) is 6.49. The van der Waals surface area contributed by atoms with Gasteiger partial charge in [-0.15, -0.1) is 0 Å². The number of carbonyl (C=O) groups is 2. The Morgan fingerprint density at radius 1 is 1.33 bits per heavy atom. The molecule has 0 heterocycles. The summed E-state index contributed by atoms with van der Waals surface area (Å²) in [6, 6.07) is 0. The first kappa shape index (κ1) is 14.0. The predicted octanol–water partition coefficient (Wildman–Crippen LogP) is -1.67. The number of ether oxygens (including phenoxy) is 1. The Kier molecular flexibility index (Phi) is 6.07. The minimum atomic E-state index is -1.25. The van der Waals surface area contributed by atoms with E-state index in [1.54, 1.807) is 0 Å². The topological polar surface area (TPSA) is 104 Å². The Labute approximate surface area is 87.5 Å². The summed E-state index contributed by atoms with van der Waals surface area (Å²) >= 11 is 0. The quantitative estimate of drug-likeness (QED) is 0.269. The first-order chi connectivity index (χ1) is 7.05. The summed E-state index contributed by atoms with van der Waals surface area (Å²) in [5.41, 5.74) is -1.25. The maximum absolute atomic E-state index is 11.1. The summed E-state index contributed by atoms with van der Waals surface area (Å²) in [5, 5.41) is 26.7. The molecule has 0 spiro atoms. The van der Waals surface area contributed by atoms with Crippen LogP contribution in [-0.4, -0.2) is 54.0 Å². The second-order valence-electron chi connectivity index (χ2n) is 3.51. The Morgan fingerprint density at radius 2 is 1.80 bits per heavy atom. The van der Waals surface area contributed by atoms with Gasteiger partial charge in [0.2, 0.25) is 0 Å². The fraction of sp³-hybridized carbons (Fsp3) is 0.778. The normalized spacial score (nSPS) is 13.3. The molecule has 1 unspecified atom stereocenters. The largest absolute Gasteiger partial charge is 0.464 e. The van der Waals surface area contributed by atoms with E-state index in [2.05, 4.69) is 4.74 Å². The van der Waals surface area contributed by atoms with Crippen LogP contribution in [0.15, 0.2) is 0 Å². The highest BCUT2D eigenvalue weighted by molar-refractivity contribution is 5.87. The fourth-order valence-electron chi connectivity index (χ4n) is 0.698. The minimum Gasteiger partial charge on any atom is -0.464 e. The molecular formula is C9H16O6. The maximum Gasteiger partial charge on any atom is 0.315 e. The molecule has 3 N–H and O–H groups in total. The number of esters is 1. The van der Waals surface area contributed by atoms with Gasteiger partial charge in [0.25, 0.3) is 0 Å². The highest BCUT2D eigenvalue weighted by atomic mass is 16.5. The molecule has 0 aromatic carbocycles. The average molecular weight is 220 g/mol. The minimum absolute atomic E-state index is 0.326. The van der Waals surface area contributed by atoms with Gasteiger partial charge >= 0.3 is 5.97 Å². The van der Waals surface area contributed by atoms with Crippen LogP contribution in [-0.2, 0) is 14.3 Å². The van der Waals surface area contributed by atoms with E-state index in [0.717, 1.165) is 0 Å². The van der Waals surface area contributed by atoms with Crippen LogP contribution in [0.3, 0.4) is 0 Å². The van der Waals surface area contributed by atoms with Gasteiger partial charge in [-0.05, 0) is 6.92 Å². The van der Waals surface area contributed by atoms with Crippen molar-refractivity contribution < 1.29 is 29.6 Å². The van der Waals surface area contributed by atoms with E-state index >= 15 is 0 Å². The van der Waals surface area contributed by atoms with Crippen LogP contribution in [0.2, 0.25) is 0 Å². The van der Waals surface area contributed by atoms with Gasteiger partial charge < -0.3 is 24.9 Å². The van der Waals surface area contributed by atoms with Crippen LogP contribution in [0.4, 0.5) is 0 Å². The highest BCUT2D eigenvalue weighted by Gasteiger charge is 2.30. The molecule has 0 aromatic rings. The summed E-state index contributed by atoms with van der Waals surface area (Å²) in [6.07, 6.45) is 0.431. The molecule has 0 fully saturated rings. The molecule has 0 bridgehead atoms. The number of hydrogen-bond acceptors (Lipinski definition) is 6. The van der Waals surface area contributed by atoms with Crippen LogP contribution in [0.5, 0.6) is 0 Å². The van der Waals surface area contributed by atoms with Gasteiger partial charge in [0.05, 0.1) is 25.2 Å². The van der Waals surface area contributed by atoms with Crippen molar-refractivity contribution in [2.24, 2.45) is 11.3 Å². The zero-order chi connectivity index (χ0) is 11.9. The van der Waals surface area contributed by atoms with E-state index in [-0.39, 0.29) is 6.61 Å². The molecule has 0 aliphatic rings. The molecule has 6 heteroatoms. The van der Waals surface area contributed by atoms with Gasteiger partial charge in [-0.3, -0.25) is 4.79 Å². The molecule has 0 rings (SSSR count). The third-order valence-electron chi connectivity index (χ3n) is 2.10. The summed E-state index contributed by atoms with van der Waals surface area (Å²) in [4.78, 5) is 21.3. The molecule has 1 atom stereocenters. The lowest BCUT2D eigenvalue weighted by molar-refractivity contribution is -0.156. The first-order valence-electron chi connectivity index (χ1n) is 4.49. The molecule has 0 saturated heterocycles. The maximum atomic E-state index is 11.1. The molecular weight excluding hydrogens is 204 g/mol. The number of aldehydes is 1. The highest BCUT2D eigenvalue weighted by Crippen LogP contribution is 2.15. The van der Waals surface area contributed by atoms with Crippen LogP contribution < -0.4 is 0 Å². The standard InChI is InChI=1S/C9H16O6/c1-7(2-10)8(14)15-6-9(3-11,4-12)5-13/h2,7,11-13H,3-6H2,1H3. The fourth-order valence-corrected chi connectivity index (χ4v) is 0.698. The Morgan fingerprint density at radius 3 is 2.13 bits per heavy atom. The van der Waals surface area contributed by atoms with Crippen molar-refractivity contribution in [2.75, 3.05) is 26.4 Å². The molecule has 0 aliphatic heterocycles. The van der Waals surface area contributed by atoms with Gasteiger partial charge in [0.15, 0.2) is 0 Å². The van der Waals surface area contributed by atoms with E-state index in [1.807, 2.05) is 0 Å². The molecule has 6 nitrogen and oxygen atoms in total. The molecule has 0 amide bonds. The van der Waals surface area contributed by atoms with Gasteiger partial charge in [-0.1, -0.05) is 0 Å². The zero-order valence-corrected chi connectivity index (χ0v) is 8.55.